The molecule has 0 aliphatic heterocycles. The van der Waals surface area contributed by atoms with Crippen molar-refractivity contribution in [3.8, 4) is 0 Å². The van der Waals surface area contributed by atoms with Crippen LogP contribution in [-0.2, 0) is 13.0 Å². The third-order valence-corrected chi connectivity index (χ3v) is 4.49. The normalized spacial score (nSPS) is 19.5. The monoisotopic (exact) mass is 343 g/mol. The number of carbonyl (C=O) groups is 1. The van der Waals surface area contributed by atoms with E-state index in [1.165, 1.54) is 5.56 Å². The first-order valence-corrected chi connectivity index (χ1v) is 8.54. The van der Waals surface area contributed by atoms with Crippen molar-refractivity contribution in [3.05, 3.63) is 47.7 Å². The number of nitrogens with zero attached hydrogens (tertiary/aromatic N) is 3. The molecule has 7 nitrogen and oxygen atoms in total. The molecule has 0 saturated carbocycles. The van der Waals surface area contributed by atoms with E-state index in [0.29, 0.717) is 18.8 Å². The Bertz CT molecular complexity index is 728. The quantitative estimate of drug-likeness (QED) is 0.770. The zero-order valence-corrected chi connectivity index (χ0v) is 14.6. The fourth-order valence-corrected chi connectivity index (χ4v) is 3.12. The Labute approximate surface area is 147 Å². The van der Waals surface area contributed by atoms with Crippen LogP contribution in [0.25, 0.3) is 0 Å². The molecule has 134 valence electrons. The number of aliphatic hydroxyl groups is 1. The second-order valence-electron chi connectivity index (χ2n) is 6.62. The second kappa shape index (κ2) is 7.67. The number of benzene rings is 1. The molecule has 1 aromatic carbocycles. The minimum absolute atomic E-state index is 0.340. The van der Waals surface area contributed by atoms with Crippen LogP contribution < -0.4 is 10.6 Å². The average molecular weight is 343 g/mol. The molecule has 7 heteroatoms. The van der Waals surface area contributed by atoms with Gasteiger partial charge in [0, 0.05) is 12.6 Å². The van der Waals surface area contributed by atoms with Gasteiger partial charge < -0.3 is 15.3 Å². The van der Waals surface area contributed by atoms with E-state index in [0.717, 1.165) is 18.5 Å². The Balaban J connectivity index is 1.66. The van der Waals surface area contributed by atoms with Gasteiger partial charge in [0.1, 0.15) is 5.82 Å². The number of amides is 2. The van der Waals surface area contributed by atoms with Gasteiger partial charge in [-0.2, -0.15) is 5.10 Å². The molecule has 3 N–H and O–H groups in total. The van der Waals surface area contributed by atoms with Gasteiger partial charge in [0.25, 0.3) is 0 Å². The fraction of sp³-hybridized carbons (Fsp3) is 0.444. The summed E-state index contributed by atoms with van der Waals surface area (Å²) in [5.74, 6) is 0.637. The molecule has 0 saturated heterocycles. The first kappa shape index (κ1) is 17.4. The molecule has 2 aromatic rings. The van der Waals surface area contributed by atoms with Gasteiger partial charge in [-0.05, 0) is 38.1 Å². The number of aromatic nitrogens is 2. The van der Waals surface area contributed by atoms with E-state index in [2.05, 4.69) is 20.6 Å². The summed E-state index contributed by atoms with van der Waals surface area (Å²) in [6.45, 7) is 1.51. The smallest absolute Gasteiger partial charge is 0.320 e. The third-order valence-electron chi connectivity index (χ3n) is 4.49. The second-order valence-corrected chi connectivity index (χ2v) is 6.62. The Morgan fingerprint density at radius 1 is 1.36 bits per heavy atom. The van der Waals surface area contributed by atoms with E-state index < -0.39 is 12.1 Å². The Morgan fingerprint density at radius 2 is 2.16 bits per heavy atom. The van der Waals surface area contributed by atoms with E-state index in [1.54, 1.807) is 16.9 Å². The molecule has 3 rings (SSSR count). The molecular weight excluding hydrogens is 318 g/mol. The lowest BCUT2D eigenvalue weighted by Crippen LogP contribution is -2.41. The summed E-state index contributed by atoms with van der Waals surface area (Å²) in [5.41, 5.74) is 2.16. The summed E-state index contributed by atoms with van der Waals surface area (Å²) in [4.78, 5) is 14.5. The number of fused-ring (bicyclic) bond motifs is 1. The number of carbonyl (C=O) groups excluding carboxylic acids is 1. The van der Waals surface area contributed by atoms with Gasteiger partial charge in [0.15, 0.2) is 0 Å². The molecule has 0 unspecified atom stereocenters. The number of aryl methyl sites for hydroxylation is 1. The summed E-state index contributed by atoms with van der Waals surface area (Å²) in [6.07, 6.45) is 2.55. The highest BCUT2D eigenvalue weighted by Crippen LogP contribution is 2.29. The van der Waals surface area contributed by atoms with Crippen molar-refractivity contribution in [2.75, 3.05) is 26.0 Å². The lowest BCUT2D eigenvalue weighted by Gasteiger charge is -2.31. The van der Waals surface area contributed by atoms with Crippen LogP contribution in [0, 0.1) is 0 Å². The molecular formula is C18H25N5O2. The Morgan fingerprint density at radius 3 is 2.96 bits per heavy atom. The van der Waals surface area contributed by atoms with Crippen molar-refractivity contribution in [1.82, 2.24) is 20.0 Å². The van der Waals surface area contributed by atoms with Gasteiger partial charge in [-0.25, -0.2) is 9.48 Å². The standard InChI is InChI=1S/C18H25N5O2/c1-22(2)11-12-23-16(9-10-19-23)20-18(25)21-17-14-6-4-3-5-13(14)7-8-15(17)24/h3-6,9-10,15,17,24H,7-8,11-12H2,1-2H3,(H2,20,21,25)/t15-,17+/m1/s1. The number of aliphatic hydroxyl groups excluding tert-OH is 1. The van der Waals surface area contributed by atoms with Crippen LogP contribution >= 0.6 is 0 Å². The zero-order chi connectivity index (χ0) is 17.8. The predicted molar refractivity (Wildman–Crippen MR) is 96.4 cm³/mol. The summed E-state index contributed by atoms with van der Waals surface area (Å²) in [7, 11) is 3.98. The van der Waals surface area contributed by atoms with Crippen molar-refractivity contribution < 1.29 is 9.90 Å². The van der Waals surface area contributed by atoms with Gasteiger partial charge in [-0.1, -0.05) is 24.3 Å². The maximum absolute atomic E-state index is 12.4. The number of rotatable bonds is 5. The van der Waals surface area contributed by atoms with Gasteiger partial charge in [-0.15, -0.1) is 0 Å². The van der Waals surface area contributed by atoms with Gasteiger partial charge in [-0.3, -0.25) is 5.32 Å². The van der Waals surface area contributed by atoms with E-state index in [-0.39, 0.29) is 6.03 Å². The largest absolute Gasteiger partial charge is 0.391 e. The van der Waals surface area contributed by atoms with Crippen molar-refractivity contribution in [3.63, 3.8) is 0 Å². The Hall–Kier alpha value is -2.38. The minimum Gasteiger partial charge on any atom is -0.391 e. The number of nitrogens with one attached hydrogen (secondary N) is 2. The number of anilines is 1. The van der Waals surface area contributed by atoms with Gasteiger partial charge in [0.2, 0.25) is 0 Å². The molecule has 2 amide bonds. The minimum atomic E-state index is -0.584. The zero-order valence-electron chi connectivity index (χ0n) is 14.6. The number of hydrogen-bond acceptors (Lipinski definition) is 4. The summed E-state index contributed by atoms with van der Waals surface area (Å²) in [5, 5.41) is 20.3. The lowest BCUT2D eigenvalue weighted by molar-refractivity contribution is 0.114. The Kier molecular flexibility index (Phi) is 5.35. The average Bonchev–Trinajstić information content (AvgIpc) is 3.02. The van der Waals surface area contributed by atoms with Crippen LogP contribution in [0.3, 0.4) is 0 Å². The first-order valence-electron chi connectivity index (χ1n) is 8.54. The SMILES string of the molecule is CN(C)CCn1nccc1NC(=O)N[C@H]1c2ccccc2CC[C@H]1O. The lowest BCUT2D eigenvalue weighted by atomic mass is 9.86. The van der Waals surface area contributed by atoms with Crippen LogP contribution in [-0.4, -0.2) is 52.6 Å². The summed E-state index contributed by atoms with van der Waals surface area (Å²) >= 11 is 0. The van der Waals surface area contributed by atoms with Crippen LogP contribution in [0.2, 0.25) is 0 Å². The van der Waals surface area contributed by atoms with Crippen molar-refractivity contribution in [1.29, 1.82) is 0 Å². The first-order chi connectivity index (χ1) is 12.0. The summed E-state index contributed by atoms with van der Waals surface area (Å²) in [6, 6.07) is 8.95. The van der Waals surface area contributed by atoms with Gasteiger partial charge in [0.05, 0.1) is 24.9 Å². The number of hydrogen-bond donors (Lipinski definition) is 3. The van der Waals surface area contributed by atoms with Crippen LogP contribution in [0.15, 0.2) is 36.5 Å². The van der Waals surface area contributed by atoms with E-state index in [4.69, 9.17) is 0 Å². The fourth-order valence-electron chi connectivity index (χ4n) is 3.12. The van der Waals surface area contributed by atoms with Crippen molar-refractivity contribution in [2.24, 2.45) is 0 Å². The summed E-state index contributed by atoms with van der Waals surface area (Å²) < 4.78 is 1.75. The maximum atomic E-state index is 12.4. The highest BCUT2D eigenvalue weighted by Gasteiger charge is 2.29. The molecule has 0 fully saturated rings. The molecule has 1 aliphatic carbocycles. The maximum Gasteiger partial charge on any atom is 0.320 e. The molecule has 25 heavy (non-hydrogen) atoms. The molecule has 2 atom stereocenters. The molecule has 0 spiro atoms. The third kappa shape index (κ3) is 4.18. The van der Waals surface area contributed by atoms with E-state index >= 15 is 0 Å². The number of urea groups is 1. The van der Waals surface area contributed by atoms with Crippen LogP contribution in [0.5, 0.6) is 0 Å². The molecule has 0 radical (unpaired) electrons. The van der Waals surface area contributed by atoms with Crippen LogP contribution in [0.4, 0.5) is 10.6 Å². The molecule has 1 heterocycles. The highest BCUT2D eigenvalue weighted by molar-refractivity contribution is 5.88. The van der Waals surface area contributed by atoms with E-state index in [9.17, 15) is 9.90 Å². The molecule has 1 aliphatic rings. The predicted octanol–water partition coefficient (Wildman–Crippen LogP) is 1.61. The highest BCUT2D eigenvalue weighted by atomic mass is 16.3. The van der Waals surface area contributed by atoms with E-state index in [1.807, 2.05) is 38.4 Å². The number of likely N-dealkylation sites (N-methyl/N-ethyl adjacent to an activating group) is 1. The van der Waals surface area contributed by atoms with Crippen LogP contribution in [0.1, 0.15) is 23.6 Å². The molecule has 1 aromatic heterocycles. The molecule has 0 bridgehead atoms. The van der Waals surface area contributed by atoms with Crippen molar-refractivity contribution in [2.45, 2.75) is 31.5 Å². The van der Waals surface area contributed by atoms with Crippen molar-refractivity contribution >= 4 is 11.8 Å². The van der Waals surface area contributed by atoms with Gasteiger partial charge >= 0.3 is 6.03 Å². The topological polar surface area (TPSA) is 82.4 Å².